The Hall–Kier alpha value is -3.14. The van der Waals surface area contributed by atoms with Crippen LogP contribution in [0.4, 0.5) is 14.7 Å². The van der Waals surface area contributed by atoms with Crippen LogP contribution in [0.25, 0.3) is 27.8 Å². The van der Waals surface area contributed by atoms with Gasteiger partial charge in [0.15, 0.2) is 5.65 Å². The van der Waals surface area contributed by atoms with Gasteiger partial charge in [-0.25, -0.2) is 28.2 Å². The van der Waals surface area contributed by atoms with E-state index in [1.54, 1.807) is 6.20 Å². The molecule has 3 aliphatic rings. The lowest BCUT2D eigenvalue weighted by atomic mass is 9.61. The maximum Gasteiger partial charge on any atom is 0.252 e. The molecule has 34 heavy (non-hydrogen) atoms. The lowest BCUT2D eigenvalue weighted by Crippen LogP contribution is -2.63. The first-order chi connectivity index (χ1) is 16.3. The van der Waals surface area contributed by atoms with Crippen LogP contribution in [0.1, 0.15) is 37.5 Å². The zero-order valence-corrected chi connectivity index (χ0v) is 19.2. The second-order valence-corrected chi connectivity index (χ2v) is 10.6. The van der Waals surface area contributed by atoms with Crippen LogP contribution in [-0.4, -0.2) is 66.1 Å². The summed E-state index contributed by atoms with van der Waals surface area (Å²) in [7, 11) is 2.17. The summed E-state index contributed by atoms with van der Waals surface area (Å²) in [6.07, 6.45) is 7.56. The van der Waals surface area contributed by atoms with Crippen molar-refractivity contribution in [1.29, 1.82) is 0 Å². The Morgan fingerprint density at radius 1 is 1.06 bits per heavy atom. The molecule has 2 saturated carbocycles. The van der Waals surface area contributed by atoms with Crippen molar-refractivity contribution in [3.05, 3.63) is 36.5 Å². The Balaban J connectivity index is 1.16. The number of fused-ring (bicyclic) bond motifs is 2. The smallest absolute Gasteiger partial charge is 0.252 e. The topological polar surface area (TPSA) is 76.2 Å². The highest BCUT2D eigenvalue weighted by Crippen LogP contribution is 2.49. The fourth-order valence-corrected chi connectivity index (χ4v) is 6.35. The van der Waals surface area contributed by atoms with E-state index in [-0.39, 0.29) is 18.9 Å². The first-order valence-electron chi connectivity index (χ1n) is 11.8. The molecule has 0 atom stereocenters. The fraction of sp³-hybridized carbons (Fsp3) is 0.500. The predicted molar refractivity (Wildman–Crippen MR) is 124 cm³/mol. The molecule has 3 fully saturated rings. The first kappa shape index (κ1) is 20.3. The standard InChI is InChI=1S/C24H26F2N8/c1-14-29-21-19(34(14)17-8-24(25,26)9-17)5-15(10-27-21)18-3-4-33-20(18)11-28-22(31-33)30-16-6-23(7-16)12-32(2)13-23/h3-5,10-11,16-17H,6-9,12-13H2,1-2H3,(H,30,31). The van der Waals surface area contributed by atoms with Crippen LogP contribution < -0.4 is 5.32 Å². The average Bonchev–Trinajstić information content (AvgIpc) is 3.28. The maximum absolute atomic E-state index is 13.5. The zero-order valence-electron chi connectivity index (χ0n) is 19.2. The second-order valence-electron chi connectivity index (χ2n) is 10.6. The van der Waals surface area contributed by atoms with Crippen LogP contribution >= 0.6 is 0 Å². The van der Waals surface area contributed by atoms with E-state index >= 15 is 0 Å². The lowest BCUT2D eigenvalue weighted by Gasteiger charge is -2.58. The summed E-state index contributed by atoms with van der Waals surface area (Å²) in [6.45, 7) is 4.22. The highest BCUT2D eigenvalue weighted by molar-refractivity contribution is 5.85. The average molecular weight is 465 g/mol. The SMILES string of the molecule is Cc1nc2ncc(-c3ccn4nc(NC5CC6(C5)CN(C)C6)ncc34)cc2n1C1CC(F)(F)C1. The van der Waals surface area contributed by atoms with Crippen LogP contribution in [0.2, 0.25) is 0 Å². The van der Waals surface area contributed by atoms with Crippen molar-refractivity contribution in [2.75, 3.05) is 25.5 Å². The lowest BCUT2D eigenvalue weighted by molar-refractivity contribution is -0.103. The first-order valence-corrected chi connectivity index (χ1v) is 11.8. The van der Waals surface area contributed by atoms with Gasteiger partial charge < -0.3 is 14.8 Å². The summed E-state index contributed by atoms with van der Waals surface area (Å²) >= 11 is 0. The van der Waals surface area contributed by atoms with Gasteiger partial charge in [0.05, 0.1) is 17.2 Å². The molecule has 7 rings (SSSR count). The minimum atomic E-state index is -2.59. The number of imidazole rings is 1. The molecule has 8 nitrogen and oxygen atoms in total. The third kappa shape index (κ3) is 3.04. The molecule has 4 aromatic heterocycles. The number of aromatic nitrogens is 6. The van der Waals surface area contributed by atoms with Crippen molar-refractivity contribution in [3.63, 3.8) is 0 Å². The molecule has 1 N–H and O–H groups in total. The van der Waals surface area contributed by atoms with Crippen LogP contribution in [-0.2, 0) is 0 Å². The van der Waals surface area contributed by atoms with Crippen molar-refractivity contribution in [2.45, 2.75) is 50.6 Å². The number of alkyl halides is 2. The van der Waals surface area contributed by atoms with Gasteiger partial charge in [-0.1, -0.05) is 0 Å². The summed E-state index contributed by atoms with van der Waals surface area (Å²) in [5.41, 5.74) is 4.58. The maximum atomic E-state index is 13.5. The summed E-state index contributed by atoms with van der Waals surface area (Å²) in [5, 5.41) is 8.14. The molecular formula is C24H26F2N8. The van der Waals surface area contributed by atoms with Gasteiger partial charge in [0.2, 0.25) is 5.95 Å². The Morgan fingerprint density at radius 2 is 1.85 bits per heavy atom. The summed E-state index contributed by atoms with van der Waals surface area (Å²) < 4.78 is 30.8. The van der Waals surface area contributed by atoms with Crippen molar-refractivity contribution in [3.8, 4) is 11.1 Å². The molecule has 176 valence electrons. The monoisotopic (exact) mass is 464 g/mol. The van der Waals surface area contributed by atoms with Gasteiger partial charge in [-0.3, -0.25) is 0 Å². The predicted octanol–water partition coefficient (Wildman–Crippen LogP) is 3.93. The molecule has 0 radical (unpaired) electrons. The third-order valence-corrected chi connectivity index (χ3v) is 7.79. The third-order valence-electron chi connectivity index (χ3n) is 7.79. The van der Waals surface area contributed by atoms with Crippen LogP contribution in [0.5, 0.6) is 0 Å². The van der Waals surface area contributed by atoms with E-state index < -0.39 is 5.92 Å². The molecule has 0 bridgehead atoms. The zero-order chi connectivity index (χ0) is 23.2. The molecule has 4 aromatic rings. The van der Waals surface area contributed by atoms with E-state index in [0.717, 1.165) is 22.2 Å². The van der Waals surface area contributed by atoms with Gasteiger partial charge in [-0.05, 0) is 44.4 Å². The van der Waals surface area contributed by atoms with Crippen LogP contribution in [0.15, 0.2) is 30.7 Å². The molecule has 1 aliphatic heterocycles. The number of likely N-dealkylation sites (tertiary alicyclic amines) is 1. The molecule has 2 aliphatic carbocycles. The number of hydrogen-bond acceptors (Lipinski definition) is 6. The molecule has 1 spiro atoms. The number of aryl methyl sites for hydroxylation is 1. The molecule has 1 saturated heterocycles. The molecule has 0 amide bonds. The number of hydrogen-bond donors (Lipinski definition) is 1. The Morgan fingerprint density at radius 3 is 2.59 bits per heavy atom. The van der Waals surface area contributed by atoms with Gasteiger partial charge in [0.1, 0.15) is 5.82 Å². The largest absolute Gasteiger partial charge is 0.350 e. The van der Waals surface area contributed by atoms with Gasteiger partial charge in [0, 0.05) is 61.5 Å². The van der Waals surface area contributed by atoms with Crippen molar-refractivity contribution < 1.29 is 8.78 Å². The van der Waals surface area contributed by atoms with Gasteiger partial charge >= 0.3 is 0 Å². The van der Waals surface area contributed by atoms with Crippen molar-refractivity contribution in [1.82, 2.24) is 34.0 Å². The molecule has 10 heteroatoms. The van der Waals surface area contributed by atoms with E-state index in [1.165, 1.54) is 25.9 Å². The Kier molecular flexibility index (Phi) is 4.00. The second kappa shape index (κ2) is 6.71. The quantitative estimate of drug-likeness (QED) is 0.493. The Labute approximate surface area is 195 Å². The number of halogens is 2. The van der Waals surface area contributed by atoms with Crippen LogP contribution in [0, 0.1) is 12.3 Å². The Bertz CT molecular complexity index is 1420. The van der Waals surface area contributed by atoms with Gasteiger partial charge in [-0.2, -0.15) is 0 Å². The highest BCUT2D eigenvalue weighted by Gasteiger charge is 2.51. The minimum absolute atomic E-state index is 0.152. The number of nitrogens with zero attached hydrogens (tertiary/aromatic N) is 7. The van der Waals surface area contributed by atoms with Crippen molar-refractivity contribution >= 4 is 22.6 Å². The van der Waals surface area contributed by atoms with Crippen LogP contribution in [0.3, 0.4) is 0 Å². The fourth-order valence-electron chi connectivity index (χ4n) is 6.35. The summed E-state index contributed by atoms with van der Waals surface area (Å²) in [5.74, 6) is -1.24. The van der Waals surface area contributed by atoms with E-state index in [4.69, 9.17) is 0 Å². The molecule has 0 aromatic carbocycles. The normalized spacial score (nSPS) is 22.1. The molecule has 5 heterocycles. The van der Waals surface area contributed by atoms with E-state index in [2.05, 4.69) is 37.3 Å². The highest BCUT2D eigenvalue weighted by atomic mass is 19.3. The number of nitrogens with one attached hydrogen (secondary N) is 1. The minimum Gasteiger partial charge on any atom is -0.350 e. The summed E-state index contributed by atoms with van der Waals surface area (Å²) in [4.78, 5) is 15.9. The molecule has 0 unspecified atom stereocenters. The number of anilines is 1. The van der Waals surface area contributed by atoms with E-state index in [1.807, 2.05) is 40.5 Å². The molecular weight excluding hydrogens is 438 g/mol. The van der Waals surface area contributed by atoms with E-state index in [9.17, 15) is 8.78 Å². The van der Waals surface area contributed by atoms with Crippen molar-refractivity contribution in [2.24, 2.45) is 5.41 Å². The van der Waals surface area contributed by atoms with Gasteiger partial charge in [0.25, 0.3) is 5.92 Å². The summed E-state index contributed by atoms with van der Waals surface area (Å²) in [6, 6.07) is 4.16. The number of rotatable bonds is 4. The number of pyridine rings is 1. The van der Waals surface area contributed by atoms with Gasteiger partial charge in [-0.15, -0.1) is 5.10 Å². The van der Waals surface area contributed by atoms with E-state index in [0.29, 0.717) is 28.9 Å².